The highest BCUT2D eigenvalue weighted by molar-refractivity contribution is 5.48. The fraction of sp³-hybridized carbons (Fsp3) is 0.429. The first kappa shape index (κ1) is 13.7. The maximum Gasteiger partial charge on any atom is 0.199 e. The number of benzene rings is 1. The van der Waals surface area contributed by atoms with Gasteiger partial charge in [0.15, 0.2) is 12.6 Å². The predicted molar refractivity (Wildman–Crippen MR) is 68.8 cm³/mol. The van der Waals surface area contributed by atoms with Gasteiger partial charge in [0.05, 0.1) is 0 Å². The fourth-order valence-electron chi connectivity index (χ4n) is 1.45. The Morgan fingerprint density at radius 3 is 2.35 bits per heavy atom. The van der Waals surface area contributed by atoms with Crippen LogP contribution in [-0.2, 0) is 9.47 Å². The molecule has 94 valence electrons. The van der Waals surface area contributed by atoms with Gasteiger partial charge < -0.3 is 14.2 Å². The van der Waals surface area contributed by atoms with E-state index in [-0.39, 0.29) is 12.6 Å². The third-order valence-corrected chi connectivity index (χ3v) is 2.20. The van der Waals surface area contributed by atoms with Gasteiger partial charge in [-0.05, 0) is 38.5 Å². The number of ether oxygens (including phenoxy) is 3. The zero-order valence-corrected chi connectivity index (χ0v) is 10.7. The standard InChI is InChI=1S/C14H20O3/c1-5-13-7-9-14(10-8-13)17-12(4)16-11(3)15-6-2/h5,7-12H,1,6H2,2-4H3. The normalized spacial score (nSPS) is 14.1. The van der Waals surface area contributed by atoms with Crippen molar-refractivity contribution in [3.63, 3.8) is 0 Å². The van der Waals surface area contributed by atoms with Crippen molar-refractivity contribution >= 4 is 6.08 Å². The molecule has 0 saturated carbocycles. The molecule has 0 aliphatic carbocycles. The molecule has 0 radical (unpaired) electrons. The monoisotopic (exact) mass is 236 g/mol. The summed E-state index contributed by atoms with van der Waals surface area (Å²) in [6, 6.07) is 7.67. The minimum absolute atomic E-state index is 0.262. The van der Waals surface area contributed by atoms with Crippen LogP contribution >= 0.6 is 0 Å². The highest BCUT2D eigenvalue weighted by atomic mass is 16.8. The second-order valence-corrected chi connectivity index (χ2v) is 3.62. The summed E-state index contributed by atoms with van der Waals surface area (Å²) in [6.45, 7) is 9.95. The van der Waals surface area contributed by atoms with Crippen LogP contribution in [0.15, 0.2) is 30.8 Å². The van der Waals surface area contributed by atoms with Gasteiger partial charge in [-0.1, -0.05) is 24.8 Å². The summed E-state index contributed by atoms with van der Waals surface area (Å²) in [6.07, 6.45) is 1.19. The summed E-state index contributed by atoms with van der Waals surface area (Å²) in [5.74, 6) is 0.770. The second kappa shape index (κ2) is 7.09. The molecule has 0 heterocycles. The van der Waals surface area contributed by atoms with Crippen LogP contribution < -0.4 is 4.74 Å². The minimum Gasteiger partial charge on any atom is -0.465 e. The highest BCUT2D eigenvalue weighted by Crippen LogP contribution is 2.15. The zero-order chi connectivity index (χ0) is 12.7. The Morgan fingerprint density at radius 2 is 1.82 bits per heavy atom. The fourth-order valence-corrected chi connectivity index (χ4v) is 1.45. The van der Waals surface area contributed by atoms with Crippen LogP contribution in [0, 0.1) is 0 Å². The van der Waals surface area contributed by atoms with E-state index in [4.69, 9.17) is 14.2 Å². The van der Waals surface area contributed by atoms with Crippen molar-refractivity contribution in [3.05, 3.63) is 36.4 Å². The van der Waals surface area contributed by atoms with Gasteiger partial charge in [0, 0.05) is 6.61 Å². The number of hydrogen-bond acceptors (Lipinski definition) is 3. The van der Waals surface area contributed by atoms with E-state index in [2.05, 4.69) is 6.58 Å². The van der Waals surface area contributed by atoms with Crippen LogP contribution in [0.5, 0.6) is 5.75 Å². The number of hydrogen-bond donors (Lipinski definition) is 0. The van der Waals surface area contributed by atoms with Gasteiger partial charge in [0.1, 0.15) is 5.75 Å². The molecule has 1 rings (SSSR count). The second-order valence-electron chi connectivity index (χ2n) is 3.62. The van der Waals surface area contributed by atoms with Crippen LogP contribution in [0.3, 0.4) is 0 Å². The summed E-state index contributed by atoms with van der Waals surface area (Å²) in [5.41, 5.74) is 1.06. The maximum absolute atomic E-state index is 5.59. The Hall–Kier alpha value is -1.32. The molecule has 0 amide bonds. The van der Waals surface area contributed by atoms with E-state index >= 15 is 0 Å². The lowest BCUT2D eigenvalue weighted by Crippen LogP contribution is -2.24. The summed E-state index contributed by atoms with van der Waals surface area (Å²) in [4.78, 5) is 0. The third kappa shape index (κ3) is 5.02. The Bertz CT molecular complexity index is 332. The van der Waals surface area contributed by atoms with Gasteiger partial charge in [-0.2, -0.15) is 0 Å². The van der Waals surface area contributed by atoms with Crippen LogP contribution in [0.1, 0.15) is 26.3 Å². The third-order valence-electron chi connectivity index (χ3n) is 2.20. The van der Waals surface area contributed by atoms with E-state index in [1.807, 2.05) is 45.0 Å². The zero-order valence-electron chi connectivity index (χ0n) is 10.7. The Kier molecular flexibility index (Phi) is 5.73. The van der Waals surface area contributed by atoms with Crippen molar-refractivity contribution in [1.82, 2.24) is 0 Å². The van der Waals surface area contributed by atoms with E-state index < -0.39 is 0 Å². The largest absolute Gasteiger partial charge is 0.465 e. The van der Waals surface area contributed by atoms with Crippen LogP contribution in [0.2, 0.25) is 0 Å². The highest BCUT2D eigenvalue weighted by Gasteiger charge is 2.09. The topological polar surface area (TPSA) is 27.7 Å². The van der Waals surface area contributed by atoms with Crippen molar-refractivity contribution in [2.24, 2.45) is 0 Å². The van der Waals surface area contributed by atoms with Gasteiger partial charge >= 0.3 is 0 Å². The lowest BCUT2D eigenvalue weighted by molar-refractivity contribution is -0.202. The molecule has 1 aromatic carbocycles. The van der Waals surface area contributed by atoms with Crippen molar-refractivity contribution in [2.75, 3.05) is 6.61 Å². The first-order chi connectivity index (χ1) is 8.15. The molecule has 0 aliphatic rings. The number of rotatable bonds is 7. The van der Waals surface area contributed by atoms with E-state index in [9.17, 15) is 0 Å². The molecule has 0 spiro atoms. The molecule has 0 bridgehead atoms. The molecule has 0 N–H and O–H groups in total. The summed E-state index contributed by atoms with van der Waals surface area (Å²) >= 11 is 0. The first-order valence-corrected chi connectivity index (χ1v) is 5.82. The smallest absolute Gasteiger partial charge is 0.199 e. The molecule has 0 aliphatic heterocycles. The quantitative estimate of drug-likeness (QED) is 0.679. The lowest BCUT2D eigenvalue weighted by Gasteiger charge is -2.20. The van der Waals surface area contributed by atoms with E-state index in [0.717, 1.165) is 11.3 Å². The minimum atomic E-state index is -0.342. The molecule has 0 aromatic heterocycles. The van der Waals surface area contributed by atoms with Gasteiger partial charge in [-0.15, -0.1) is 0 Å². The molecule has 2 atom stereocenters. The van der Waals surface area contributed by atoms with E-state index in [0.29, 0.717) is 6.61 Å². The summed E-state index contributed by atoms with van der Waals surface area (Å²) < 4.78 is 16.4. The Morgan fingerprint density at radius 1 is 1.18 bits per heavy atom. The molecular formula is C14H20O3. The van der Waals surface area contributed by atoms with Crippen molar-refractivity contribution in [1.29, 1.82) is 0 Å². The van der Waals surface area contributed by atoms with Gasteiger partial charge in [0.25, 0.3) is 0 Å². The average molecular weight is 236 g/mol. The molecule has 3 nitrogen and oxygen atoms in total. The summed E-state index contributed by atoms with van der Waals surface area (Å²) in [7, 11) is 0. The Labute approximate surface area is 103 Å². The average Bonchev–Trinajstić information content (AvgIpc) is 2.30. The van der Waals surface area contributed by atoms with Gasteiger partial charge in [-0.25, -0.2) is 0 Å². The Balaban J connectivity index is 2.44. The molecule has 3 heteroatoms. The first-order valence-electron chi connectivity index (χ1n) is 5.82. The van der Waals surface area contributed by atoms with Gasteiger partial charge in [0.2, 0.25) is 0 Å². The van der Waals surface area contributed by atoms with E-state index in [1.165, 1.54) is 0 Å². The predicted octanol–water partition coefficient (Wildman–Crippen LogP) is 3.45. The summed E-state index contributed by atoms with van der Waals surface area (Å²) in [5, 5.41) is 0. The van der Waals surface area contributed by atoms with Crippen molar-refractivity contribution < 1.29 is 14.2 Å². The van der Waals surface area contributed by atoms with Crippen LogP contribution in [0.4, 0.5) is 0 Å². The van der Waals surface area contributed by atoms with Crippen LogP contribution in [-0.4, -0.2) is 19.2 Å². The van der Waals surface area contributed by atoms with Crippen LogP contribution in [0.25, 0.3) is 6.08 Å². The van der Waals surface area contributed by atoms with Crippen molar-refractivity contribution in [2.45, 2.75) is 33.4 Å². The lowest BCUT2D eigenvalue weighted by atomic mass is 10.2. The van der Waals surface area contributed by atoms with E-state index in [1.54, 1.807) is 6.08 Å². The molecule has 1 aromatic rings. The van der Waals surface area contributed by atoms with Crippen molar-refractivity contribution in [3.8, 4) is 5.75 Å². The molecule has 17 heavy (non-hydrogen) atoms. The van der Waals surface area contributed by atoms with Gasteiger partial charge in [-0.3, -0.25) is 0 Å². The maximum atomic E-state index is 5.59. The molecule has 0 saturated heterocycles. The molecule has 2 unspecified atom stereocenters. The molecule has 0 fully saturated rings. The SMILES string of the molecule is C=Cc1ccc(OC(C)OC(C)OCC)cc1. The molecular weight excluding hydrogens is 216 g/mol.